The Bertz CT molecular complexity index is 445. The van der Waals surface area contributed by atoms with E-state index in [0.29, 0.717) is 0 Å². The number of ether oxygens (including phenoxy) is 6. The third-order valence-electron chi connectivity index (χ3n) is 4.93. The lowest BCUT2D eigenvalue weighted by Gasteiger charge is -2.44. The molecule has 0 bridgehead atoms. The van der Waals surface area contributed by atoms with Crippen LogP contribution in [0.3, 0.4) is 0 Å². The molecule has 3 fully saturated rings. The predicted molar refractivity (Wildman–Crippen MR) is 75.0 cm³/mol. The monoisotopic (exact) mass is 318 g/mol. The first-order chi connectivity index (χ1) is 10.2. The van der Waals surface area contributed by atoms with Crippen LogP contribution in [0.2, 0.25) is 0 Å². The summed E-state index contributed by atoms with van der Waals surface area (Å²) >= 11 is 0. The van der Waals surface area contributed by atoms with Crippen LogP contribution in [0, 0.1) is 5.92 Å². The van der Waals surface area contributed by atoms with E-state index in [0.717, 1.165) is 0 Å². The average molecular weight is 318 g/mol. The minimum Gasteiger partial charge on any atom is -0.396 e. The molecule has 128 valence electrons. The molecule has 2 heterocycles. The van der Waals surface area contributed by atoms with Crippen molar-refractivity contribution in [2.45, 2.75) is 62.9 Å². The van der Waals surface area contributed by atoms with Gasteiger partial charge >= 0.3 is 0 Å². The second-order valence-electron chi connectivity index (χ2n) is 7.07. The normalized spacial score (nSPS) is 44.6. The van der Waals surface area contributed by atoms with Gasteiger partial charge in [0.2, 0.25) is 5.79 Å². The largest absolute Gasteiger partial charge is 0.396 e. The first-order valence-corrected chi connectivity index (χ1v) is 7.58. The highest BCUT2D eigenvalue weighted by atomic mass is 16.8. The van der Waals surface area contributed by atoms with Crippen LogP contribution in [0.25, 0.3) is 0 Å². The maximum Gasteiger partial charge on any atom is 0.210 e. The molecule has 2 saturated heterocycles. The van der Waals surface area contributed by atoms with Crippen molar-refractivity contribution in [1.82, 2.24) is 0 Å². The van der Waals surface area contributed by atoms with E-state index in [9.17, 15) is 5.11 Å². The zero-order chi connectivity index (χ0) is 16.4. The summed E-state index contributed by atoms with van der Waals surface area (Å²) in [4.78, 5) is 0. The highest BCUT2D eigenvalue weighted by molar-refractivity contribution is 5.21. The van der Waals surface area contributed by atoms with Gasteiger partial charge in [0.25, 0.3) is 0 Å². The summed E-state index contributed by atoms with van der Waals surface area (Å²) < 4.78 is 35.6. The van der Waals surface area contributed by atoms with E-state index < -0.39 is 41.1 Å². The van der Waals surface area contributed by atoms with Crippen molar-refractivity contribution in [3.05, 3.63) is 0 Å². The molecule has 0 aromatic heterocycles. The second kappa shape index (κ2) is 4.86. The fourth-order valence-electron chi connectivity index (χ4n) is 4.22. The van der Waals surface area contributed by atoms with Gasteiger partial charge in [0.1, 0.15) is 12.2 Å². The van der Waals surface area contributed by atoms with Crippen molar-refractivity contribution in [1.29, 1.82) is 0 Å². The Morgan fingerprint density at radius 3 is 2.14 bits per heavy atom. The Hall–Kier alpha value is -0.280. The molecule has 2 aliphatic heterocycles. The summed E-state index contributed by atoms with van der Waals surface area (Å²) in [5.74, 6) is -3.22. The van der Waals surface area contributed by atoms with Gasteiger partial charge in [0.15, 0.2) is 17.2 Å². The molecular formula is C15H26O7. The molecule has 3 rings (SSSR count). The lowest BCUT2D eigenvalue weighted by Crippen LogP contribution is -2.63. The quantitative estimate of drug-likeness (QED) is 0.765. The number of aliphatic hydroxyl groups excluding tert-OH is 1. The fourth-order valence-corrected chi connectivity index (χ4v) is 4.22. The lowest BCUT2D eigenvalue weighted by molar-refractivity contribution is -0.347. The van der Waals surface area contributed by atoms with Crippen molar-refractivity contribution in [3.8, 4) is 0 Å². The lowest BCUT2D eigenvalue weighted by atomic mass is 9.91. The van der Waals surface area contributed by atoms with E-state index >= 15 is 0 Å². The van der Waals surface area contributed by atoms with Crippen molar-refractivity contribution < 1.29 is 33.5 Å². The molecule has 22 heavy (non-hydrogen) atoms. The Labute approximate surface area is 130 Å². The number of hydrogen-bond acceptors (Lipinski definition) is 7. The highest BCUT2D eigenvalue weighted by Gasteiger charge is 2.79. The van der Waals surface area contributed by atoms with E-state index in [1.807, 2.05) is 27.7 Å². The molecular weight excluding hydrogens is 292 g/mol. The summed E-state index contributed by atoms with van der Waals surface area (Å²) in [5, 5.41) is 9.96. The van der Waals surface area contributed by atoms with Crippen LogP contribution in [-0.4, -0.2) is 67.7 Å². The Morgan fingerprint density at radius 2 is 1.68 bits per heavy atom. The van der Waals surface area contributed by atoms with E-state index in [1.54, 1.807) is 0 Å². The smallest absolute Gasteiger partial charge is 0.210 e. The number of hydrogen-bond donors (Lipinski definition) is 1. The minimum atomic E-state index is -1.21. The zero-order valence-corrected chi connectivity index (χ0v) is 14.0. The Balaban J connectivity index is 2.10. The van der Waals surface area contributed by atoms with Gasteiger partial charge in [-0.25, -0.2) is 0 Å². The molecule has 0 aromatic carbocycles. The van der Waals surface area contributed by atoms with Crippen LogP contribution in [0.1, 0.15) is 27.7 Å². The summed E-state index contributed by atoms with van der Waals surface area (Å²) in [6, 6.07) is 0. The van der Waals surface area contributed by atoms with Crippen LogP contribution in [0.15, 0.2) is 0 Å². The number of aliphatic hydroxyl groups is 1. The van der Waals surface area contributed by atoms with Crippen molar-refractivity contribution in [3.63, 3.8) is 0 Å². The molecule has 1 aliphatic carbocycles. The molecule has 7 nitrogen and oxygen atoms in total. The van der Waals surface area contributed by atoms with E-state index in [-0.39, 0.29) is 13.2 Å². The van der Waals surface area contributed by atoms with Crippen LogP contribution in [0.5, 0.6) is 0 Å². The molecule has 1 spiro atoms. The van der Waals surface area contributed by atoms with Gasteiger partial charge in [0, 0.05) is 14.2 Å². The van der Waals surface area contributed by atoms with Crippen molar-refractivity contribution >= 4 is 0 Å². The van der Waals surface area contributed by atoms with Crippen LogP contribution in [0.4, 0.5) is 0 Å². The average Bonchev–Trinajstić information content (AvgIpc) is 2.99. The molecule has 1 saturated carbocycles. The van der Waals surface area contributed by atoms with Gasteiger partial charge in [-0.1, -0.05) is 0 Å². The maximum atomic E-state index is 9.96. The van der Waals surface area contributed by atoms with Crippen LogP contribution >= 0.6 is 0 Å². The highest BCUT2D eigenvalue weighted by Crippen LogP contribution is 2.59. The van der Waals surface area contributed by atoms with Crippen molar-refractivity contribution in [2.24, 2.45) is 5.92 Å². The summed E-state index contributed by atoms with van der Waals surface area (Å²) in [6.07, 6.45) is -0.862. The fraction of sp³-hybridized carbons (Fsp3) is 1.00. The number of methoxy groups -OCH3 is 2. The molecule has 0 radical (unpaired) electrons. The Morgan fingerprint density at radius 1 is 1.05 bits per heavy atom. The third kappa shape index (κ3) is 1.94. The molecule has 3 aliphatic rings. The second-order valence-corrected chi connectivity index (χ2v) is 7.07. The number of rotatable bonds is 3. The predicted octanol–water partition coefficient (Wildman–Crippen LogP) is 0.639. The van der Waals surface area contributed by atoms with Gasteiger partial charge < -0.3 is 33.5 Å². The molecule has 7 heteroatoms. The molecule has 0 aromatic rings. The van der Waals surface area contributed by atoms with E-state index in [1.165, 1.54) is 14.2 Å². The summed E-state index contributed by atoms with van der Waals surface area (Å²) in [6.45, 7) is 7.41. The number of fused-ring (bicyclic) bond motifs is 2. The van der Waals surface area contributed by atoms with Gasteiger partial charge in [-0.15, -0.1) is 0 Å². The first-order valence-electron chi connectivity index (χ1n) is 7.58. The summed E-state index contributed by atoms with van der Waals surface area (Å²) in [7, 11) is 3.07. The maximum absolute atomic E-state index is 9.96. The standard InChI is InChI=1S/C15H26O7/c1-12(2)19-8-14(22-12)11-10(20-13(3,4)21-11)9(7-16)15(14,17-5)18-6/h9-11,16H,7-8H2,1-6H3/t9-,10-,11-,14-/m1/s1. The van der Waals surface area contributed by atoms with Crippen molar-refractivity contribution in [2.75, 3.05) is 27.4 Å². The Kier molecular flexibility index (Phi) is 3.66. The van der Waals surface area contributed by atoms with E-state index in [4.69, 9.17) is 28.4 Å². The van der Waals surface area contributed by atoms with Gasteiger partial charge in [-0.2, -0.15) is 0 Å². The molecule has 1 N–H and O–H groups in total. The SMILES string of the molecule is COC1(OC)[C@H](CO)[C@H]2OC(C)(C)O[C@H]2[C@]12COC(C)(C)O2. The van der Waals surface area contributed by atoms with Gasteiger partial charge in [0.05, 0.1) is 19.1 Å². The van der Waals surface area contributed by atoms with Gasteiger partial charge in [-0.05, 0) is 27.7 Å². The van der Waals surface area contributed by atoms with Gasteiger partial charge in [-0.3, -0.25) is 0 Å². The van der Waals surface area contributed by atoms with E-state index in [2.05, 4.69) is 0 Å². The first kappa shape index (κ1) is 16.6. The summed E-state index contributed by atoms with van der Waals surface area (Å²) in [5.41, 5.74) is -1.01. The van der Waals surface area contributed by atoms with Crippen LogP contribution in [-0.2, 0) is 28.4 Å². The zero-order valence-electron chi connectivity index (χ0n) is 14.0. The van der Waals surface area contributed by atoms with Crippen LogP contribution < -0.4 is 0 Å². The topological polar surface area (TPSA) is 75.6 Å². The minimum absolute atomic E-state index is 0.173. The molecule has 0 amide bonds. The molecule has 4 atom stereocenters. The molecule has 0 unspecified atom stereocenters. The third-order valence-corrected chi connectivity index (χ3v) is 4.93.